The molecule has 2 rings (SSSR count). The van der Waals surface area contributed by atoms with Crippen molar-refractivity contribution in [3.63, 3.8) is 0 Å². The Labute approximate surface area is 134 Å². The third-order valence-electron chi connectivity index (χ3n) is 4.65. The van der Waals surface area contributed by atoms with Crippen molar-refractivity contribution < 1.29 is 14.3 Å². The molecule has 0 aromatic rings. The van der Waals surface area contributed by atoms with Crippen molar-refractivity contribution >= 4 is 6.09 Å². The molecule has 0 spiro atoms. The van der Waals surface area contributed by atoms with Gasteiger partial charge in [-0.15, -0.1) is 0 Å². The van der Waals surface area contributed by atoms with Crippen LogP contribution in [0.25, 0.3) is 0 Å². The average molecular weight is 310 g/mol. The number of carbonyl (C=O) groups excluding carboxylic acids is 1. The number of hydrogen-bond acceptors (Lipinski definition) is 4. The first kappa shape index (κ1) is 17.3. The Bertz CT molecular complexity index is 414. The van der Waals surface area contributed by atoms with E-state index in [-0.39, 0.29) is 11.6 Å². The molecule has 0 aliphatic carbocycles. The SMILES string of the molecule is C=C(C)C1(N2CCN(C(=O)OC(C)(C)C)CC2)CCOCC1. The number of rotatable bonds is 2. The number of ether oxygens (including phenoxy) is 2. The fraction of sp³-hybridized carbons (Fsp3) is 0.824. The minimum Gasteiger partial charge on any atom is -0.444 e. The van der Waals surface area contributed by atoms with Gasteiger partial charge in [-0.2, -0.15) is 0 Å². The molecular formula is C17H30N2O3. The second-order valence-corrected chi connectivity index (χ2v) is 7.38. The van der Waals surface area contributed by atoms with Crippen molar-refractivity contribution in [2.75, 3.05) is 39.4 Å². The average Bonchev–Trinajstić information content (AvgIpc) is 2.46. The Morgan fingerprint density at radius 3 is 2.14 bits per heavy atom. The predicted molar refractivity (Wildman–Crippen MR) is 87.0 cm³/mol. The Balaban J connectivity index is 1.96. The largest absolute Gasteiger partial charge is 0.444 e. The molecule has 0 N–H and O–H groups in total. The molecule has 2 saturated heterocycles. The van der Waals surface area contributed by atoms with E-state index in [1.54, 1.807) is 0 Å². The summed E-state index contributed by atoms with van der Waals surface area (Å²) < 4.78 is 11.0. The maximum atomic E-state index is 12.2. The zero-order valence-corrected chi connectivity index (χ0v) is 14.5. The fourth-order valence-corrected chi connectivity index (χ4v) is 3.37. The molecule has 0 bridgehead atoms. The van der Waals surface area contributed by atoms with Crippen LogP contribution in [-0.4, -0.2) is 66.4 Å². The second kappa shape index (κ2) is 6.59. The number of piperazine rings is 1. The van der Waals surface area contributed by atoms with Crippen molar-refractivity contribution in [2.45, 2.75) is 51.7 Å². The van der Waals surface area contributed by atoms with Gasteiger partial charge in [-0.05, 0) is 40.5 Å². The maximum absolute atomic E-state index is 12.2. The van der Waals surface area contributed by atoms with Crippen LogP contribution in [0.15, 0.2) is 12.2 Å². The molecule has 0 aromatic carbocycles. The normalized spacial score (nSPS) is 23.2. The van der Waals surface area contributed by atoms with E-state index in [1.807, 2.05) is 25.7 Å². The molecule has 2 aliphatic heterocycles. The van der Waals surface area contributed by atoms with E-state index in [9.17, 15) is 4.79 Å². The second-order valence-electron chi connectivity index (χ2n) is 7.38. The van der Waals surface area contributed by atoms with Gasteiger partial charge in [0.2, 0.25) is 0 Å². The van der Waals surface area contributed by atoms with Gasteiger partial charge in [-0.3, -0.25) is 4.90 Å². The highest BCUT2D eigenvalue weighted by Gasteiger charge is 2.41. The first-order chi connectivity index (χ1) is 10.2. The molecule has 5 heteroatoms. The molecule has 0 atom stereocenters. The monoisotopic (exact) mass is 310 g/mol. The lowest BCUT2D eigenvalue weighted by Gasteiger charge is -2.50. The van der Waals surface area contributed by atoms with Gasteiger partial charge in [0.15, 0.2) is 0 Å². The molecule has 0 aromatic heterocycles. The molecule has 1 amide bonds. The van der Waals surface area contributed by atoms with E-state index in [4.69, 9.17) is 9.47 Å². The van der Waals surface area contributed by atoms with Crippen LogP contribution < -0.4 is 0 Å². The molecule has 126 valence electrons. The van der Waals surface area contributed by atoms with Gasteiger partial charge in [0.1, 0.15) is 5.60 Å². The van der Waals surface area contributed by atoms with E-state index in [0.717, 1.165) is 39.1 Å². The fourth-order valence-electron chi connectivity index (χ4n) is 3.37. The highest BCUT2D eigenvalue weighted by Crippen LogP contribution is 2.34. The Morgan fingerprint density at radius 2 is 1.68 bits per heavy atom. The summed E-state index contributed by atoms with van der Waals surface area (Å²) in [6, 6.07) is 0. The summed E-state index contributed by atoms with van der Waals surface area (Å²) in [6.45, 7) is 16.8. The molecule has 0 radical (unpaired) electrons. The summed E-state index contributed by atoms with van der Waals surface area (Å²) in [5, 5.41) is 0. The van der Waals surface area contributed by atoms with Crippen LogP contribution in [0, 0.1) is 0 Å². The molecule has 22 heavy (non-hydrogen) atoms. The zero-order valence-electron chi connectivity index (χ0n) is 14.5. The van der Waals surface area contributed by atoms with Gasteiger partial charge < -0.3 is 14.4 Å². The highest BCUT2D eigenvalue weighted by molar-refractivity contribution is 5.68. The summed E-state index contributed by atoms with van der Waals surface area (Å²) in [7, 11) is 0. The summed E-state index contributed by atoms with van der Waals surface area (Å²) in [6.07, 6.45) is 1.78. The number of hydrogen-bond donors (Lipinski definition) is 0. The molecule has 5 nitrogen and oxygen atoms in total. The van der Waals surface area contributed by atoms with E-state index >= 15 is 0 Å². The van der Waals surface area contributed by atoms with Gasteiger partial charge in [0.05, 0.1) is 0 Å². The topological polar surface area (TPSA) is 42.0 Å². The third kappa shape index (κ3) is 3.82. The van der Waals surface area contributed by atoms with Crippen LogP contribution in [0.1, 0.15) is 40.5 Å². The smallest absolute Gasteiger partial charge is 0.410 e. The lowest BCUT2D eigenvalue weighted by molar-refractivity contribution is -0.0345. The lowest BCUT2D eigenvalue weighted by Crippen LogP contribution is -2.60. The lowest BCUT2D eigenvalue weighted by atomic mass is 9.81. The van der Waals surface area contributed by atoms with E-state index < -0.39 is 5.60 Å². The van der Waals surface area contributed by atoms with Crippen molar-refractivity contribution in [3.05, 3.63) is 12.2 Å². The molecule has 0 unspecified atom stereocenters. The highest BCUT2D eigenvalue weighted by atomic mass is 16.6. The quantitative estimate of drug-likeness (QED) is 0.735. The van der Waals surface area contributed by atoms with Crippen molar-refractivity contribution in [1.29, 1.82) is 0 Å². The van der Waals surface area contributed by atoms with Crippen LogP contribution in [0.4, 0.5) is 4.79 Å². The predicted octanol–water partition coefficient (Wildman–Crippen LogP) is 2.66. The van der Waals surface area contributed by atoms with Crippen LogP contribution in [-0.2, 0) is 9.47 Å². The first-order valence-electron chi connectivity index (χ1n) is 8.21. The van der Waals surface area contributed by atoms with Crippen molar-refractivity contribution in [1.82, 2.24) is 9.80 Å². The third-order valence-corrected chi connectivity index (χ3v) is 4.65. The summed E-state index contributed by atoms with van der Waals surface area (Å²) >= 11 is 0. The van der Waals surface area contributed by atoms with Crippen molar-refractivity contribution in [3.8, 4) is 0 Å². The first-order valence-corrected chi connectivity index (χ1v) is 8.21. The summed E-state index contributed by atoms with van der Waals surface area (Å²) in [5.74, 6) is 0. The van der Waals surface area contributed by atoms with Crippen LogP contribution >= 0.6 is 0 Å². The summed E-state index contributed by atoms with van der Waals surface area (Å²) in [4.78, 5) is 16.5. The Morgan fingerprint density at radius 1 is 1.14 bits per heavy atom. The van der Waals surface area contributed by atoms with Crippen LogP contribution in [0.2, 0.25) is 0 Å². The maximum Gasteiger partial charge on any atom is 0.410 e. The van der Waals surface area contributed by atoms with E-state index in [0.29, 0.717) is 13.1 Å². The number of amides is 1. The van der Waals surface area contributed by atoms with Gasteiger partial charge in [-0.25, -0.2) is 4.79 Å². The standard InChI is InChI=1S/C17H30N2O3/c1-14(2)17(6-12-21-13-7-17)19-10-8-18(9-11-19)15(20)22-16(3,4)5/h1,6-13H2,2-5H3. The minimum absolute atomic E-state index is 0.0400. The van der Waals surface area contributed by atoms with Gasteiger partial charge in [-0.1, -0.05) is 12.2 Å². The molecule has 0 saturated carbocycles. The van der Waals surface area contributed by atoms with Crippen LogP contribution in [0.3, 0.4) is 0 Å². The zero-order chi connectivity index (χ0) is 16.4. The summed E-state index contributed by atoms with van der Waals surface area (Å²) in [5.41, 5.74) is 0.813. The van der Waals surface area contributed by atoms with Gasteiger partial charge >= 0.3 is 6.09 Å². The van der Waals surface area contributed by atoms with Crippen LogP contribution in [0.5, 0.6) is 0 Å². The molecule has 2 fully saturated rings. The van der Waals surface area contributed by atoms with E-state index in [2.05, 4.69) is 18.4 Å². The van der Waals surface area contributed by atoms with Crippen molar-refractivity contribution in [2.24, 2.45) is 0 Å². The number of nitrogens with zero attached hydrogens (tertiary/aromatic N) is 2. The molecular weight excluding hydrogens is 280 g/mol. The van der Waals surface area contributed by atoms with Gasteiger partial charge in [0.25, 0.3) is 0 Å². The molecule has 2 heterocycles. The van der Waals surface area contributed by atoms with Gasteiger partial charge in [0, 0.05) is 44.9 Å². The number of carbonyl (C=O) groups is 1. The van der Waals surface area contributed by atoms with E-state index in [1.165, 1.54) is 5.57 Å². The minimum atomic E-state index is -0.437. The molecule has 2 aliphatic rings. The Hall–Kier alpha value is -1.07. The Kier molecular flexibility index (Phi) is 5.17.